The lowest BCUT2D eigenvalue weighted by atomic mass is 9.94. The SMILES string of the molecule is CC1OCCC1(C)Nc1cc(F)cc([N+](=O)[O-])c1. The molecule has 98 valence electrons. The monoisotopic (exact) mass is 254 g/mol. The number of rotatable bonds is 3. The summed E-state index contributed by atoms with van der Waals surface area (Å²) >= 11 is 0. The molecule has 5 nitrogen and oxygen atoms in total. The lowest BCUT2D eigenvalue weighted by molar-refractivity contribution is -0.385. The normalized spacial score (nSPS) is 27.2. The molecule has 0 radical (unpaired) electrons. The van der Waals surface area contributed by atoms with Gasteiger partial charge in [-0.15, -0.1) is 0 Å². The van der Waals surface area contributed by atoms with E-state index in [1.54, 1.807) is 0 Å². The molecule has 2 unspecified atom stereocenters. The van der Waals surface area contributed by atoms with Gasteiger partial charge in [0, 0.05) is 18.4 Å². The van der Waals surface area contributed by atoms with Crippen LogP contribution in [-0.2, 0) is 4.74 Å². The van der Waals surface area contributed by atoms with E-state index in [1.165, 1.54) is 12.1 Å². The summed E-state index contributed by atoms with van der Waals surface area (Å²) < 4.78 is 18.8. The second kappa shape index (κ2) is 4.53. The molecule has 0 spiro atoms. The lowest BCUT2D eigenvalue weighted by Gasteiger charge is -2.30. The Labute approximate surface area is 104 Å². The quantitative estimate of drug-likeness (QED) is 0.665. The molecule has 18 heavy (non-hydrogen) atoms. The van der Waals surface area contributed by atoms with Gasteiger partial charge in [-0.3, -0.25) is 10.1 Å². The van der Waals surface area contributed by atoms with Crippen LogP contribution in [0.2, 0.25) is 0 Å². The van der Waals surface area contributed by atoms with E-state index in [2.05, 4.69) is 5.32 Å². The molecule has 1 aliphatic rings. The molecule has 1 aromatic carbocycles. The summed E-state index contributed by atoms with van der Waals surface area (Å²) in [4.78, 5) is 10.1. The van der Waals surface area contributed by atoms with Crippen molar-refractivity contribution in [1.82, 2.24) is 0 Å². The van der Waals surface area contributed by atoms with E-state index >= 15 is 0 Å². The fourth-order valence-electron chi connectivity index (χ4n) is 2.08. The Hall–Kier alpha value is -1.69. The first-order valence-electron chi connectivity index (χ1n) is 5.75. The largest absolute Gasteiger partial charge is 0.377 e. The predicted octanol–water partition coefficient (Wildman–Crippen LogP) is 2.71. The topological polar surface area (TPSA) is 64.4 Å². The van der Waals surface area contributed by atoms with E-state index in [-0.39, 0.29) is 17.3 Å². The number of hydrogen-bond donors (Lipinski definition) is 1. The molecule has 0 amide bonds. The van der Waals surface area contributed by atoms with Crippen LogP contribution in [0.15, 0.2) is 18.2 Å². The van der Waals surface area contributed by atoms with Crippen LogP contribution in [-0.4, -0.2) is 23.2 Å². The zero-order valence-electron chi connectivity index (χ0n) is 10.3. The van der Waals surface area contributed by atoms with Crippen LogP contribution in [0, 0.1) is 15.9 Å². The van der Waals surface area contributed by atoms with Crippen molar-refractivity contribution in [3.63, 3.8) is 0 Å². The van der Waals surface area contributed by atoms with E-state index < -0.39 is 10.7 Å². The Morgan fingerprint density at radius 2 is 2.28 bits per heavy atom. The third kappa shape index (κ3) is 2.43. The lowest BCUT2D eigenvalue weighted by Crippen LogP contribution is -2.41. The fourth-order valence-corrected chi connectivity index (χ4v) is 2.08. The van der Waals surface area contributed by atoms with Gasteiger partial charge in [-0.25, -0.2) is 4.39 Å². The van der Waals surface area contributed by atoms with Crippen LogP contribution in [0.3, 0.4) is 0 Å². The van der Waals surface area contributed by atoms with Crippen molar-refractivity contribution in [3.8, 4) is 0 Å². The molecule has 2 atom stereocenters. The maximum absolute atomic E-state index is 13.3. The second-order valence-corrected chi connectivity index (χ2v) is 4.76. The third-order valence-electron chi connectivity index (χ3n) is 3.41. The zero-order valence-corrected chi connectivity index (χ0v) is 10.3. The highest BCUT2D eigenvalue weighted by Crippen LogP contribution is 2.31. The van der Waals surface area contributed by atoms with Gasteiger partial charge >= 0.3 is 0 Å². The molecule has 0 bridgehead atoms. The Balaban J connectivity index is 2.26. The molecule has 1 saturated heterocycles. The van der Waals surface area contributed by atoms with Crippen molar-refractivity contribution in [2.45, 2.75) is 31.9 Å². The van der Waals surface area contributed by atoms with Crippen LogP contribution in [0.4, 0.5) is 15.8 Å². The number of nitrogens with one attached hydrogen (secondary N) is 1. The number of hydrogen-bond acceptors (Lipinski definition) is 4. The molecule has 0 saturated carbocycles. The molecular formula is C12H15FN2O3. The molecule has 2 rings (SSSR count). The Morgan fingerprint density at radius 1 is 1.56 bits per heavy atom. The van der Waals surface area contributed by atoms with Gasteiger partial charge in [-0.2, -0.15) is 0 Å². The second-order valence-electron chi connectivity index (χ2n) is 4.76. The number of anilines is 1. The van der Waals surface area contributed by atoms with Crippen LogP contribution in [0.1, 0.15) is 20.3 Å². The molecule has 6 heteroatoms. The number of non-ortho nitro benzene ring substituents is 1. The summed E-state index contributed by atoms with van der Waals surface area (Å²) in [6.45, 7) is 4.51. The van der Waals surface area contributed by atoms with E-state index in [0.717, 1.165) is 12.5 Å². The van der Waals surface area contributed by atoms with E-state index in [9.17, 15) is 14.5 Å². The first-order valence-corrected chi connectivity index (χ1v) is 5.75. The van der Waals surface area contributed by atoms with Crippen LogP contribution in [0.25, 0.3) is 0 Å². The number of nitro benzene ring substituents is 1. The van der Waals surface area contributed by atoms with Crippen LogP contribution in [0.5, 0.6) is 0 Å². The minimum absolute atomic E-state index is 0.0279. The molecule has 1 aromatic rings. The maximum atomic E-state index is 13.3. The van der Waals surface area contributed by atoms with Gasteiger partial charge in [0.1, 0.15) is 5.82 Å². The van der Waals surface area contributed by atoms with Crippen LogP contribution >= 0.6 is 0 Å². The molecule has 1 aliphatic heterocycles. The van der Waals surface area contributed by atoms with Gasteiger partial charge in [0.15, 0.2) is 0 Å². The maximum Gasteiger partial charge on any atom is 0.274 e. The van der Waals surface area contributed by atoms with E-state index in [1.807, 2.05) is 13.8 Å². The van der Waals surface area contributed by atoms with Crippen LogP contribution < -0.4 is 5.32 Å². The number of nitrogens with zero attached hydrogens (tertiary/aromatic N) is 1. The van der Waals surface area contributed by atoms with Crippen molar-refractivity contribution >= 4 is 11.4 Å². The first kappa shape index (κ1) is 12.8. The highest BCUT2D eigenvalue weighted by atomic mass is 19.1. The zero-order chi connectivity index (χ0) is 13.3. The van der Waals surface area contributed by atoms with Crippen molar-refractivity contribution < 1.29 is 14.1 Å². The van der Waals surface area contributed by atoms with Crippen molar-refractivity contribution in [3.05, 3.63) is 34.1 Å². The van der Waals surface area contributed by atoms with E-state index in [4.69, 9.17) is 4.74 Å². The Kier molecular flexibility index (Phi) is 3.21. The molecule has 0 aromatic heterocycles. The molecule has 1 N–H and O–H groups in total. The average Bonchev–Trinajstić information content (AvgIpc) is 2.58. The van der Waals surface area contributed by atoms with Gasteiger partial charge in [-0.1, -0.05) is 0 Å². The van der Waals surface area contributed by atoms with Gasteiger partial charge < -0.3 is 10.1 Å². The first-order chi connectivity index (χ1) is 8.40. The summed E-state index contributed by atoms with van der Waals surface area (Å²) in [6, 6.07) is 3.49. The summed E-state index contributed by atoms with van der Waals surface area (Å²) in [5.74, 6) is -0.623. The van der Waals surface area contributed by atoms with Crippen molar-refractivity contribution in [2.24, 2.45) is 0 Å². The Morgan fingerprint density at radius 3 is 2.83 bits per heavy atom. The standard InChI is InChI=1S/C12H15FN2O3/c1-8-12(2,3-4-18-8)14-10-5-9(13)6-11(7-10)15(16)17/h5-8,14H,3-4H2,1-2H3. The third-order valence-corrected chi connectivity index (χ3v) is 3.41. The summed E-state index contributed by atoms with van der Waals surface area (Å²) in [7, 11) is 0. The van der Waals surface area contributed by atoms with Crippen molar-refractivity contribution in [2.75, 3.05) is 11.9 Å². The summed E-state index contributed by atoms with van der Waals surface area (Å²) in [5, 5.41) is 13.8. The van der Waals surface area contributed by atoms with Gasteiger partial charge in [0.05, 0.1) is 22.6 Å². The highest BCUT2D eigenvalue weighted by Gasteiger charge is 2.37. The smallest absolute Gasteiger partial charge is 0.274 e. The number of ether oxygens (including phenoxy) is 1. The fraction of sp³-hybridized carbons (Fsp3) is 0.500. The van der Waals surface area contributed by atoms with Crippen molar-refractivity contribution in [1.29, 1.82) is 0 Å². The molecule has 1 fully saturated rings. The van der Waals surface area contributed by atoms with Gasteiger partial charge in [-0.05, 0) is 26.3 Å². The minimum atomic E-state index is -0.623. The number of halogens is 1. The predicted molar refractivity (Wildman–Crippen MR) is 65.1 cm³/mol. The summed E-state index contributed by atoms with van der Waals surface area (Å²) in [5.41, 5.74) is -0.184. The molecule has 0 aliphatic carbocycles. The highest BCUT2D eigenvalue weighted by molar-refractivity contribution is 5.53. The Bertz CT molecular complexity index is 480. The minimum Gasteiger partial charge on any atom is -0.377 e. The van der Waals surface area contributed by atoms with Gasteiger partial charge in [0.25, 0.3) is 5.69 Å². The molecular weight excluding hydrogens is 239 g/mol. The number of nitro groups is 1. The average molecular weight is 254 g/mol. The van der Waals surface area contributed by atoms with E-state index in [0.29, 0.717) is 12.3 Å². The number of benzene rings is 1. The molecule has 1 heterocycles. The van der Waals surface area contributed by atoms with Gasteiger partial charge in [0.2, 0.25) is 0 Å². The summed E-state index contributed by atoms with van der Waals surface area (Å²) in [6.07, 6.45) is 0.748.